The molecule has 0 saturated heterocycles. The Morgan fingerprint density at radius 2 is 2.13 bits per heavy atom. The number of pyridine rings is 1. The van der Waals surface area contributed by atoms with Gasteiger partial charge in [-0.1, -0.05) is 18.5 Å². The van der Waals surface area contributed by atoms with Crippen molar-refractivity contribution in [2.75, 3.05) is 0 Å². The fourth-order valence-electron chi connectivity index (χ4n) is 0.989. The molecule has 0 amide bonds. The van der Waals surface area contributed by atoms with E-state index in [0.29, 0.717) is 6.20 Å². The van der Waals surface area contributed by atoms with Crippen LogP contribution in [0.25, 0.3) is 0 Å². The number of halogens is 4. The van der Waals surface area contributed by atoms with Gasteiger partial charge in [-0.15, -0.1) is 0 Å². The molecular formula is C9H7ClF3NO. The quantitative estimate of drug-likeness (QED) is 0.583. The number of nitrogens with zero attached hydrogens (tertiary/aromatic N) is 1. The molecule has 1 aromatic heterocycles. The van der Waals surface area contributed by atoms with Crippen LogP contribution in [-0.4, -0.2) is 10.8 Å². The highest BCUT2D eigenvalue weighted by atomic mass is 35.5. The third-order valence-electron chi connectivity index (χ3n) is 1.79. The first-order valence-electron chi connectivity index (χ1n) is 4.12. The minimum absolute atomic E-state index is 0.0860. The van der Waals surface area contributed by atoms with Crippen LogP contribution in [-0.2, 0) is 6.18 Å². The Morgan fingerprint density at radius 1 is 1.53 bits per heavy atom. The number of hydrogen-bond donors (Lipinski definition) is 0. The number of carbonyl (C=O) groups excluding carboxylic acids is 1. The molecule has 0 aliphatic carbocycles. The van der Waals surface area contributed by atoms with Crippen LogP contribution in [0.3, 0.4) is 0 Å². The summed E-state index contributed by atoms with van der Waals surface area (Å²) in [5.41, 5.74) is -1.15. The van der Waals surface area contributed by atoms with Gasteiger partial charge in [-0.3, -0.25) is 4.79 Å². The lowest BCUT2D eigenvalue weighted by Crippen LogP contribution is -2.09. The van der Waals surface area contributed by atoms with Gasteiger partial charge in [0, 0.05) is 12.6 Å². The molecule has 1 heterocycles. The van der Waals surface area contributed by atoms with Crippen molar-refractivity contribution in [2.24, 2.45) is 0 Å². The van der Waals surface area contributed by atoms with Crippen LogP contribution in [0.15, 0.2) is 12.3 Å². The Bertz CT molecular complexity index is 389. The van der Waals surface area contributed by atoms with E-state index in [1.54, 1.807) is 6.92 Å². The maximum Gasteiger partial charge on any atom is 0.417 e. The monoisotopic (exact) mass is 237 g/mol. The van der Waals surface area contributed by atoms with Gasteiger partial charge in [0.15, 0.2) is 5.78 Å². The lowest BCUT2D eigenvalue weighted by atomic mass is 10.1. The predicted octanol–water partition coefficient (Wildman–Crippen LogP) is 3.35. The summed E-state index contributed by atoms with van der Waals surface area (Å²) < 4.78 is 36.8. The highest BCUT2D eigenvalue weighted by Crippen LogP contribution is 2.30. The van der Waals surface area contributed by atoms with Crippen molar-refractivity contribution in [3.8, 4) is 0 Å². The maximum atomic E-state index is 12.3. The number of hydrogen-bond acceptors (Lipinski definition) is 2. The molecule has 6 heteroatoms. The van der Waals surface area contributed by atoms with Crippen molar-refractivity contribution in [1.29, 1.82) is 0 Å². The van der Waals surface area contributed by atoms with Gasteiger partial charge in [-0.05, 0) is 6.07 Å². The number of aromatic nitrogens is 1. The minimum atomic E-state index is -4.51. The van der Waals surface area contributed by atoms with Crippen molar-refractivity contribution < 1.29 is 18.0 Å². The van der Waals surface area contributed by atoms with Crippen molar-refractivity contribution in [1.82, 2.24) is 4.98 Å². The highest BCUT2D eigenvalue weighted by molar-refractivity contribution is 6.32. The standard InChI is InChI=1S/C9H7ClF3NO/c1-2-7(15)6-3-5(9(11,12)13)4-14-8(6)10/h3-4H,2H2,1H3. The Hall–Kier alpha value is -1.10. The highest BCUT2D eigenvalue weighted by Gasteiger charge is 2.32. The van der Waals surface area contributed by atoms with Gasteiger partial charge in [-0.25, -0.2) is 4.98 Å². The normalized spacial score (nSPS) is 11.5. The van der Waals surface area contributed by atoms with Crippen molar-refractivity contribution in [3.05, 3.63) is 28.5 Å². The van der Waals surface area contributed by atoms with Gasteiger partial charge in [0.05, 0.1) is 11.1 Å². The van der Waals surface area contributed by atoms with Crippen LogP contribution in [0.5, 0.6) is 0 Å². The summed E-state index contributed by atoms with van der Waals surface area (Å²) in [6, 6.07) is 0.723. The molecule has 0 aliphatic heterocycles. The Morgan fingerprint density at radius 3 is 2.60 bits per heavy atom. The summed E-state index contributed by atoms with van der Waals surface area (Å²) in [5.74, 6) is -0.460. The van der Waals surface area contributed by atoms with Gasteiger partial charge in [-0.2, -0.15) is 13.2 Å². The van der Waals surface area contributed by atoms with E-state index in [1.807, 2.05) is 0 Å². The Balaban J connectivity index is 3.23. The first-order valence-corrected chi connectivity index (χ1v) is 4.50. The number of carbonyl (C=O) groups is 1. The van der Waals surface area contributed by atoms with Crippen LogP contribution in [0.2, 0.25) is 5.15 Å². The molecule has 0 radical (unpaired) electrons. The molecule has 0 N–H and O–H groups in total. The van der Waals surface area contributed by atoms with E-state index in [4.69, 9.17) is 11.6 Å². The number of rotatable bonds is 2. The van der Waals surface area contributed by atoms with Crippen LogP contribution in [0, 0.1) is 0 Å². The lowest BCUT2D eigenvalue weighted by Gasteiger charge is -2.08. The summed E-state index contributed by atoms with van der Waals surface area (Å²) in [6.07, 6.45) is -3.82. The fourth-order valence-corrected chi connectivity index (χ4v) is 1.20. The SMILES string of the molecule is CCC(=O)c1cc(C(F)(F)F)cnc1Cl. The first-order chi connectivity index (χ1) is 6.86. The zero-order valence-electron chi connectivity index (χ0n) is 7.73. The van der Waals surface area contributed by atoms with E-state index in [-0.39, 0.29) is 17.1 Å². The second kappa shape index (κ2) is 4.18. The van der Waals surface area contributed by atoms with Crippen molar-refractivity contribution >= 4 is 17.4 Å². The van der Waals surface area contributed by atoms with E-state index in [2.05, 4.69) is 4.98 Å². The van der Waals surface area contributed by atoms with Crippen molar-refractivity contribution in [3.63, 3.8) is 0 Å². The molecule has 0 aliphatic rings. The molecule has 0 unspecified atom stereocenters. The molecule has 15 heavy (non-hydrogen) atoms. The smallest absolute Gasteiger partial charge is 0.294 e. The van der Waals surface area contributed by atoms with E-state index in [1.165, 1.54) is 0 Å². The predicted molar refractivity (Wildman–Crippen MR) is 48.9 cm³/mol. The number of alkyl halides is 3. The molecule has 0 spiro atoms. The third-order valence-corrected chi connectivity index (χ3v) is 2.09. The summed E-state index contributed by atoms with van der Waals surface area (Å²) in [5, 5.41) is -0.199. The average Bonchev–Trinajstić information content (AvgIpc) is 2.15. The molecule has 0 saturated carbocycles. The lowest BCUT2D eigenvalue weighted by molar-refractivity contribution is -0.137. The van der Waals surface area contributed by atoms with Gasteiger partial charge >= 0.3 is 6.18 Å². The maximum absolute atomic E-state index is 12.3. The van der Waals surface area contributed by atoms with Crippen LogP contribution >= 0.6 is 11.6 Å². The molecule has 1 rings (SSSR count). The molecule has 82 valence electrons. The van der Waals surface area contributed by atoms with Gasteiger partial charge in [0.25, 0.3) is 0 Å². The van der Waals surface area contributed by atoms with Gasteiger partial charge in [0.1, 0.15) is 5.15 Å². The van der Waals surface area contributed by atoms with Crippen LogP contribution < -0.4 is 0 Å². The van der Waals surface area contributed by atoms with E-state index in [9.17, 15) is 18.0 Å². The summed E-state index contributed by atoms with van der Waals surface area (Å²) in [4.78, 5) is 14.6. The summed E-state index contributed by atoms with van der Waals surface area (Å²) in [7, 11) is 0. The second-order valence-corrected chi connectivity index (χ2v) is 3.19. The molecule has 0 bridgehead atoms. The Labute approximate surface area is 89.1 Å². The summed E-state index contributed by atoms with van der Waals surface area (Å²) >= 11 is 5.52. The molecule has 0 aromatic carbocycles. The largest absolute Gasteiger partial charge is 0.417 e. The van der Waals surface area contributed by atoms with E-state index < -0.39 is 17.5 Å². The minimum Gasteiger partial charge on any atom is -0.294 e. The molecule has 1 aromatic rings. The van der Waals surface area contributed by atoms with Crippen LogP contribution in [0.4, 0.5) is 13.2 Å². The third kappa shape index (κ3) is 2.68. The zero-order valence-corrected chi connectivity index (χ0v) is 8.49. The zero-order chi connectivity index (χ0) is 11.6. The topological polar surface area (TPSA) is 30.0 Å². The molecule has 2 nitrogen and oxygen atoms in total. The van der Waals surface area contributed by atoms with Crippen LogP contribution in [0.1, 0.15) is 29.3 Å². The average molecular weight is 238 g/mol. The van der Waals surface area contributed by atoms with Crippen molar-refractivity contribution in [2.45, 2.75) is 19.5 Å². The summed E-state index contributed by atoms with van der Waals surface area (Å²) in [6.45, 7) is 1.54. The Kier molecular flexibility index (Phi) is 3.34. The fraction of sp³-hybridized carbons (Fsp3) is 0.333. The number of ketones is 1. The van der Waals surface area contributed by atoms with Gasteiger partial charge < -0.3 is 0 Å². The first kappa shape index (κ1) is 12.0. The molecule has 0 atom stereocenters. The second-order valence-electron chi connectivity index (χ2n) is 2.84. The molecular weight excluding hydrogens is 231 g/mol. The van der Waals surface area contributed by atoms with Gasteiger partial charge in [0.2, 0.25) is 0 Å². The number of Topliss-reactive ketones (excluding diaryl/α,β-unsaturated/α-hetero) is 1. The van der Waals surface area contributed by atoms with E-state index in [0.717, 1.165) is 6.07 Å². The molecule has 0 fully saturated rings. The van der Waals surface area contributed by atoms with E-state index >= 15 is 0 Å².